The first-order valence-corrected chi connectivity index (χ1v) is 4.38. The van der Waals surface area contributed by atoms with E-state index < -0.39 is 0 Å². The number of rotatable bonds is 0. The van der Waals surface area contributed by atoms with Gasteiger partial charge in [0, 0.05) is 0 Å². The molecule has 0 aromatic heterocycles. The molecule has 0 saturated heterocycles. The van der Waals surface area contributed by atoms with E-state index in [1.807, 2.05) is 0 Å². The van der Waals surface area contributed by atoms with E-state index >= 15 is 0 Å². The van der Waals surface area contributed by atoms with Crippen LogP contribution in [0.4, 0.5) is 0 Å². The standard InChI is InChI=1S/C10H18O/c1-10(2,3)8-4-6-9(11)7-5-8/h4,9,11H,5-7H2,1-3H3. The van der Waals surface area contributed by atoms with Crippen molar-refractivity contribution in [2.75, 3.05) is 0 Å². The van der Waals surface area contributed by atoms with Crippen LogP contribution in [0.1, 0.15) is 40.0 Å². The van der Waals surface area contributed by atoms with Crippen molar-refractivity contribution in [3.8, 4) is 0 Å². The average molecular weight is 154 g/mol. The highest BCUT2D eigenvalue weighted by atomic mass is 16.3. The van der Waals surface area contributed by atoms with Gasteiger partial charge in [-0.2, -0.15) is 0 Å². The zero-order chi connectivity index (χ0) is 8.48. The maximum absolute atomic E-state index is 9.25. The van der Waals surface area contributed by atoms with Gasteiger partial charge in [0.25, 0.3) is 0 Å². The Hall–Kier alpha value is -0.300. The van der Waals surface area contributed by atoms with Crippen LogP contribution >= 0.6 is 0 Å². The summed E-state index contributed by atoms with van der Waals surface area (Å²) in [6.07, 6.45) is 5.00. The number of hydrogen-bond donors (Lipinski definition) is 1. The molecule has 11 heavy (non-hydrogen) atoms. The van der Waals surface area contributed by atoms with Gasteiger partial charge in [-0.1, -0.05) is 32.4 Å². The van der Waals surface area contributed by atoms with E-state index in [1.165, 1.54) is 5.57 Å². The first-order chi connectivity index (χ1) is 5.00. The molecular formula is C10H18O. The molecule has 1 N–H and O–H groups in total. The molecule has 0 aromatic carbocycles. The Morgan fingerprint density at radius 2 is 2.09 bits per heavy atom. The predicted molar refractivity (Wildman–Crippen MR) is 47.4 cm³/mol. The third-order valence-electron chi connectivity index (χ3n) is 2.35. The van der Waals surface area contributed by atoms with Crippen molar-refractivity contribution in [1.82, 2.24) is 0 Å². The molecule has 0 aromatic rings. The van der Waals surface area contributed by atoms with Crippen molar-refractivity contribution < 1.29 is 5.11 Å². The highest BCUT2D eigenvalue weighted by molar-refractivity contribution is 5.13. The summed E-state index contributed by atoms with van der Waals surface area (Å²) in [5, 5.41) is 9.25. The zero-order valence-corrected chi connectivity index (χ0v) is 7.72. The normalized spacial score (nSPS) is 26.5. The molecule has 1 rings (SSSR count). The molecule has 1 aliphatic rings. The van der Waals surface area contributed by atoms with Gasteiger partial charge in [0.2, 0.25) is 0 Å². The molecule has 0 radical (unpaired) electrons. The van der Waals surface area contributed by atoms with Crippen molar-refractivity contribution in [3.63, 3.8) is 0 Å². The fourth-order valence-electron chi connectivity index (χ4n) is 1.50. The van der Waals surface area contributed by atoms with Gasteiger partial charge < -0.3 is 5.11 Å². The lowest BCUT2D eigenvalue weighted by Gasteiger charge is -2.27. The Kier molecular flexibility index (Phi) is 2.38. The Labute approximate surface area is 69.1 Å². The Morgan fingerprint density at radius 1 is 1.45 bits per heavy atom. The van der Waals surface area contributed by atoms with Crippen LogP contribution in [0.5, 0.6) is 0 Å². The van der Waals surface area contributed by atoms with Crippen molar-refractivity contribution in [1.29, 1.82) is 0 Å². The summed E-state index contributed by atoms with van der Waals surface area (Å²) in [5.41, 5.74) is 1.81. The molecule has 0 bridgehead atoms. The first-order valence-electron chi connectivity index (χ1n) is 4.38. The second kappa shape index (κ2) is 2.98. The lowest BCUT2D eigenvalue weighted by Crippen LogP contribution is -2.17. The summed E-state index contributed by atoms with van der Waals surface area (Å²) < 4.78 is 0. The van der Waals surface area contributed by atoms with Gasteiger partial charge in [0.15, 0.2) is 0 Å². The highest BCUT2D eigenvalue weighted by Crippen LogP contribution is 2.32. The molecule has 0 amide bonds. The Morgan fingerprint density at radius 3 is 2.45 bits per heavy atom. The lowest BCUT2D eigenvalue weighted by atomic mass is 9.80. The van der Waals surface area contributed by atoms with Gasteiger partial charge >= 0.3 is 0 Å². The number of aliphatic hydroxyl groups is 1. The predicted octanol–water partition coefficient (Wildman–Crippen LogP) is 2.50. The molecule has 0 spiro atoms. The second-order valence-electron chi connectivity index (χ2n) is 4.41. The van der Waals surface area contributed by atoms with Crippen LogP contribution in [-0.4, -0.2) is 11.2 Å². The number of aliphatic hydroxyl groups excluding tert-OH is 1. The summed E-state index contributed by atoms with van der Waals surface area (Å²) in [4.78, 5) is 0. The maximum Gasteiger partial charge on any atom is 0.0577 e. The minimum atomic E-state index is -0.0823. The van der Waals surface area contributed by atoms with Gasteiger partial charge in [-0.15, -0.1) is 0 Å². The Balaban J connectivity index is 2.62. The minimum absolute atomic E-state index is 0.0823. The van der Waals surface area contributed by atoms with Gasteiger partial charge in [0.05, 0.1) is 6.10 Å². The van der Waals surface area contributed by atoms with Crippen LogP contribution in [-0.2, 0) is 0 Å². The highest BCUT2D eigenvalue weighted by Gasteiger charge is 2.20. The average Bonchev–Trinajstić information content (AvgIpc) is 1.86. The van der Waals surface area contributed by atoms with Crippen LogP contribution in [0.25, 0.3) is 0 Å². The van der Waals surface area contributed by atoms with Gasteiger partial charge in [-0.25, -0.2) is 0 Å². The third-order valence-corrected chi connectivity index (χ3v) is 2.35. The minimum Gasteiger partial charge on any atom is -0.393 e. The molecular weight excluding hydrogens is 136 g/mol. The summed E-state index contributed by atoms with van der Waals surface area (Å²) in [7, 11) is 0. The number of hydrogen-bond acceptors (Lipinski definition) is 1. The second-order valence-corrected chi connectivity index (χ2v) is 4.41. The summed E-state index contributed by atoms with van der Waals surface area (Å²) >= 11 is 0. The molecule has 1 aliphatic carbocycles. The van der Waals surface area contributed by atoms with Crippen molar-refractivity contribution in [3.05, 3.63) is 11.6 Å². The van der Waals surface area contributed by atoms with Crippen LogP contribution < -0.4 is 0 Å². The zero-order valence-electron chi connectivity index (χ0n) is 7.72. The quantitative estimate of drug-likeness (QED) is 0.531. The topological polar surface area (TPSA) is 20.2 Å². The molecule has 1 heteroatoms. The first kappa shape index (κ1) is 8.79. The van der Waals surface area contributed by atoms with Crippen LogP contribution in [0.15, 0.2) is 11.6 Å². The molecule has 64 valence electrons. The van der Waals surface area contributed by atoms with E-state index in [0.717, 1.165) is 19.3 Å². The van der Waals surface area contributed by atoms with Gasteiger partial charge in [-0.3, -0.25) is 0 Å². The fraction of sp³-hybridized carbons (Fsp3) is 0.800. The van der Waals surface area contributed by atoms with Gasteiger partial charge in [0.1, 0.15) is 0 Å². The van der Waals surface area contributed by atoms with Crippen LogP contribution in [0.2, 0.25) is 0 Å². The van der Waals surface area contributed by atoms with E-state index in [4.69, 9.17) is 0 Å². The lowest BCUT2D eigenvalue weighted by molar-refractivity contribution is 0.158. The number of allylic oxidation sites excluding steroid dienone is 1. The molecule has 0 aliphatic heterocycles. The summed E-state index contributed by atoms with van der Waals surface area (Å²) in [6, 6.07) is 0. The van der Waals surface area contributed by atoms with E-state index in [1.54, 1.807) is 0 Å². The molecule has 1 atom stereocenters. The van der Waals surface area contributed by atoms with Crippen LogP contribution in [0, 0.1) is 5.41 Å². The SMILES string of the molecule is CC(C)(C)C1=CCC(O)CC1. The molecule has 0 fully saturated rings. The summed E-state index contributed by atoms with van der Waals surface area (Å²) in [5.74, 6) is 0. The van der Waals surface area contributed by atoms with Crippen molar-refractivity contribution in [2.45, 2.75) is 46.1 Å². The Bertz CT molecular complexity index is 162. The maximum atomic E-state index is 9.25. The molecule has 0 heterocycles. The van der Waals surface area contributed by atoms with Crippen molar-refractivity contribution >= 4 is 0 Å². The van der Waals surface area contributed by atoms with E-state index in [0.29, 0.717) is 5.41 Å². The monoisotopic (exact) mass is 154 g/mol. The molecule has 1 nitrogen and oxygen atoms in total. The third kappa shape index (κ3) is 2.33. The van der Waals surface area contributed by atoms with E-state index in [2.05, 4.69) is 26.8 Å². The molecule has 0 saturated carbocycles. The summed E-state index contributed by atoms with van der Waals surface area (Å²) in [6.45, 7) is 6.70. The van der Waals surface area contributed by atoms with E-state index in [-0.39, 0.29) is 6.10 Å². The fourth-order valence-corrected chi connectivity index (χ4v) is 1.50. The smallest absolute Gasteiger partial charge is 0.0577 e. The van der Waals surface area contributed by atoms with Gasteiger partial charge in [-0.05, 0) is 24.7 Å². The molecule has 1 unspecified atom stereocenters. The van der Waals surface area contributed by atoms with E-state index in [9.17, 15) is 5.11 Å². The van der Waals surface area contributed by atoms with Crippen molar-refractivity contribution in [2.24, 2.45) is 5.41 Å². The largest absolute Gasteiger partial charge is 0.393 e. The van der Waals surface area contributed by atoms with Crippen LogP contribution in [0.3, 0.4) is 0 Å².